The predicted octanol–water partition coefficient (Wildman–Crippen LogP) is 3.57. The van der Waals surface area contributed by atoms with E-state index < -0.39 is 5.60 Å². The Morgan fingerprint density at radius 3 is 2.67 bits per heavy atom. The zero-order valence-electron chi connectivity index (χ0n) is 8.85. The van der Waals surface area contributed by atoms with Crippen molar-refractivity contribution < 1.29 is 5.11 Å². The number of nitrogens with one attached hydrogen (secondary N) is 1. The molecule has 4 heteroatoms. The van der Waals surface area contributed by atoms with Crippen LogP contribution in [0, 0.1) is 0 Å². The fourth-order valence-electron chi connectivity index (χ4n) is 1.05. The Bertz CT molecular complexity index is 339. The van der Waals surface area contributed by atoms with Crippen molar-refractivity contribution in [2.45, 2.75) is 25.9 Å². The molecule has 0 spiro atoms. The van der Waals surface area contributed by atoms with Crippen LogP contribution in [0.1, 0.15) is 20.3 Å². The number of hydrogen-bond donors (Lipinski definition) is 2. The van der Waals surface area contributed by atoms with Crippen LogP contribution in [-0.2, 0) is 0 Å². The molecule has 0 aliphatic heterocycles. The van der Waals surface area contributed by atoms with Crippen LogP contribution in [0.2, 0.25) is 10.0 Å². The third-order valence-corrected chi connectivity index (χ3v) is 3.19. The number of benzene rings is 1. The summed E-state index contributed by atoms with van der Waals surface area (Å²) in [5, 5.41) is 13.9. The Morgan fingerprint density at radius 2 is 2.07 bits per heavy atom. The van der Waals surface area contributed by atoms with E-state index in [0.717, 1.165) is 5.69 Å². The molecule has 0 bridgehead atoms. The number of rotatable bonds is 4. The van der Waals surface area contributed by atoms with Crippen molar-refractivity contribution in [2.24, 2.45) is 0 Å². The van der Waals surface area contributed by atoms with Crippen LogP contribution < -0.4 is 5.32 Å². The van der Waals surface area contributed by atoms with E-state index in [-0.39, 0.29) is 0 Å². The molecular weight excluding hydrogens is 233 g/mol. The van der Waals surface area contributed by atoms with Crippen LogP contribution >= 0.6 is 23.2 Å². The fourth-order valence-corrected chi connectivity index (χ4v) is 1.42. The van der Waals surface area contributed by atoms with E-state index >= 15 is 0 Å². The fraction of sp³-hybridized carbons (Fsp3) is 0.455. The van der Waals surface area contributed by atoms with Gasteiger partial charge < -0.3 is 10.4 Å². The van der Waals surface area contributed by atoms with Crippen LogP contribution in [0.25, 0.3) is 0 Å². The van der Waals surface area contributed by atoms with E-state index in [2.05, 4.69) is 5.32 Å². The van der Waals surface area contributed by atoms with Crippen LogP contribution in [0.3, 0.4) is 0 Å². The Kier molecular flexibility index (Phi) is 4.26. The van der Waals surface area contributed by atoms with E-state index in [0.29, 0.717) is 23.0 Å². The third kappa shape index (κ3) is 3.56. The van der Waals surface area contributed by atoms with Gasteiger partial charge in [0.2, 0.25) is 0 Å². The average molecular weight is 248 g/mol. The van der Waals surface area contributed by atoms with Gasteiger partial charge in [-0.05, 0) is 25.5 Å². The lowest BCUT2D eigenvalue weighted by atomic mass is 10.0. The van der Waals surface area contributed by atoms with Gasteiger partial charge in [-0.3, -0.25) is 0 Å². The van der Waals surface area contributed by atoms with E-state index in [1.54, 1.807) is 13.0 Å². The van der Waals surface area contributed by atoms with Crippen molar-refractivity contribution in [1.29, 1.82) is 0 Å². The minimum absolute atomic E-state index is 0.448. The van der Waals surface area contributed by atoms with Crippen molar-refractivity contribution in [3.05, 3.63) is 28.2 Å². The molecule has 1 aromatic carbocycles. The molecule has 0 fully saturated rings. The average Bonchev–Trinajstić information content (AvgIpc) is 2.20. The zero-order valence-corrected chi connectivity index (χ0v) is 10.4. The third-order valence-electron chi connectivity index (χ3n) is 2.37. The SMILES string of the molecule is CCC(C)(O)CNc1cccc(Cl)c1Cl. The molecule has 1 aromatic rings. The summed E-state index contributed by atoms with van der Waals surface area (Å²) in [4.78, 5) is 0. The van der Waals surface area contributed by atoms with E-state index in [4.69, 9.17) is 23.2 Å². The maximum atomic E-state index is 9.81. The van der Waals surface area contributed by atoms with Gasteiger partial charge in [-0.1, -0.05) is 36.2 Å². The normalized spacial score (nSPS) is 14.7. The molecule has 2 N–H and O–H groups in total. The van der Waals surface area contributed by atoms with Crippen LogP contribution in [0.5, 0.6) is 0 Å². The Labute approximate surface area is 100 Å². The topological polar surface area (TPSA) is 32.3 Å². The molecule has 1 atom stereocenters. The van der Waals surface area contributed by atoms with Gasteiger partial charge in [0.05, 0.1) is 21.3 Å². The highest BCUT2D eigenvalue weighted by molar-refractivity contribution is 6.43. The van der Waals surface area contributed by atoms with Gasteiger partial charge in [0.15, 0.2) is 0 Å². The van der Waals surface area contributed by atoms with Gasteiger partial charge in [0.1, 0.15) is 0 Å². The quantitative estimate of drug-likeness (QED) is 0.853. The van der Waals surface area contributed by atoms with Gasteiger partial charge in [-0.2, -0.15) is 0 Å². The molecule has 0 aliphatic rings. The standard InChI is InChI=1S/C11H15Cl2NO/c1-3-11(2,15)7-14-9-6-4-5-8(12)10(9)13/h4-6,14-15H,3,7H2,1-2H3. The summed E-state index contributed by atoms with van der Waals surface area (Å²) in [6.07, 6.45) is 0.679. The molecule has 0 saturated carbocycles. The largest absolute Gasteiger partial charge is 0.388 e. The number of hydrogen-bond acceptors (Lipinski definition) is 2. The molecule has 0 saturated heterocycles. The van der Waals surface area contributed by atoms with Crippen LogP contribution in [0.4, 0.5) is 5.69 Å². The molecule has 1 rings (SSSR count). The van der Waals surface area contributed by atoms with E-state index in [9.17, 15) is 5.11 Å². The monoisotopic (exact) mass is 247 g/mol. The Hall–Kier alpha value is -0.440. The number of anilines is 1. The first-order valence-electron chi connectivity index (χ1n) is 4.86. The van der Waals surface area contributed by atoms with Crippen molar-refractivity contribution >= 4 is 28.9 Å². The Morgan fingerprint density at radius 1 is 1.40 bits per heavy atom. The lowest BCUT2D eigenvalue weighted by Crippen LogP contribution is -2.32. The van der Waals surface area contributed by atoms with Gasteiger partial charge in [-0.25, -0.2) is 0 Å². The molecule has 84 valence electrons. The molecule has 2 nitrogen and oxygen atoms in total. The lowest BCUT2D eigenvalue weighted by molar-refractivity contribution is 0.0697. The van der Waals surface area contributed by atoms with Crippen molar-refractivity contribution in [2.75, 3.05) is 11.9 Å². The summed E-state index contributed by atoms with van der Waals surface area (Å²) in [7, 11) is 0. The van der Waals surface area contributed by atoms with Crippen molar-refractivity contribution in [3.8, 4) is 0 Å². The van der Waals surface area contributed by atoms with Crippen molar-refractivity contribution in [3.63, 3.8) is 0 Å². The summed E-state index contributed by atoms with van der Waals surface area (Å²) < 4.78 is 0. The minimum Gasteiger partial charge on any atom is -0.388 e. The maximum absolute atomic E-state index is 9.81. The minimum atomic E-state index is -0.731. The first-order chi connectivity index (χ1) is 6.96. The van der Waals surface area contributed by atoms with Gasteiger partial charge in [0.25, 0.3) is 0 Å². The van der Waals surface area contributed by atoms with E-state index in [1.807, 2.05) is 19.1 Å². The smallest absolute Gasteiger partial charge is 0.0823 e. The molecule has 15 heavy (non-hydrogen) atoms. The summed E-state index contributed by atoms with van der Waals surface area (Å²) in [6, 6.07) is 5.38. The molecule has 0 aromatic heterocycles. The maximum Gasteiger partial charge on any atom is 0.0823 e. The summed E-state index contributed by atoms with van der Waals surface area (Å²) >= 11 is 11.9. The van der Waals surface area contributed by atoms with Gasteiger partial charge in [0, 0.05) is 6.54 Å². The van der Waals surface area contributed by atoms with Crippen LogP contribution in [-0.4, -0.2) is 17.3 Å². The second-order valence-corrected chi connectivity index (χ2v) is 4.59. The molecule has 0 aliphatic carbocycles. The summed E-state index contributed by atoms with van der Waals surface area (Å²) in [5.41, 5.74) is 0.0175. The molecule has 1 unspecified atom stereocenters. The van der Waals surface area contributed by atoms with Gasteiger partial charge >= 0.3 is 0 Å². The molecular formula is C11H15Cl2NO. The highest BCUT2D eigenvalue weighted by Crippen LogP contribution is 2.29. The van der Waals surface area contributed by atoms with Crippen LogP contribution in [0.15, 0.2) is 18.2 Å². The first kappa shape index (κ1) is 12.6. The second kappa shape index (κ2) is 5.06. The highest BCUT2D eigenvalue weighted by Gasteiger charge is 2.17. The zero-order chi connectivity index (χ0) is 11.5. The highest BCUT2D eigenvalue weighted by atomic mass is 35.5. The second-order valence-electron chi connectivity index (χ2n) is 3.81. The lowest BCUT2D eigenvalue weighted by Gasteiger charge is -2.22. The summed E-state index contributed by atoms with van der Waals surface area (Å²) in [5.74, 6) is 0. The molecule has 0 heterocycles. The van der Waals surface area contributed by atoms with E-state index in [1.165, 1.54) is 0 Å². The Balaban J connectivity index is 2.70. The molecule has 0 amide bonds. The number of aliphatic hydroxyl groups is 1. The summed E-state index contributed by atoms with van der Waals surface area (Å²) in [6.45, 7) is 4.16. The number of halogens is 2. The molecule has 0 radical (unpaired) electrons. The van der Waals surface area contributed by atoms with Gasteiger partial charge in [-0.15, -0.1) is 0 Å². The van der Waals surface area contributed by atoms with Crippen molar-refractivity contribution in [1.82, 2.24) is 0 Å². The predicted molar refractivity (Wildman–Crippen MR) is 65.9 cm³/mol. The first-order valence-corrected chi connectivity index (χ1v) is 5.62.